The van der Waals surface area contributed by atoms with Gasteiger partial charge in [0.05, 0.1) is 11.9 Å². The number of sulfonamides is 1. The van der Waals surface area contributed by atoms with E-state index < -0.39 is 10.0 Å². The highest BCUT2D eigenvalue weighted by Crippen LogP contribution is 2.22. The largest absolute Gasteiger partial charge is 0.341 e. The van der Waals surface area contributed by atoms with Crippen LogP contribution in [0.2, 0.25) is 5.02 Å². The molecule has 0 aliphatic heterocycles. The summed E-state index contributed by atoms with van der Waals surface area (Å²) in [6, 6.07) is 13.1. The zero-order valence-electron chi connectivity index (χ0n) is 16.8. The number of anilines is 1. The standard InChI is InChI=1S/C21H27ClN2O3S/c1-16-12-17(2)14-20(13-16)24(28(4,26)27)11-5-6-21(25)23(3)15-18-7-9-19(22)10-8-18/h7-10,12-14H,5-6,11,15H2,1-4H3. The lowest BCUT2D eigenvalue weighted by atomic mass is 10.1. The smallest absolute Gasteiger partial charge is 0.232 e. The minimum absolute atomic E-state index is 0.0242. The molecule has 0 aromatic heterocycles. The Hall–Kier alpha value is -2.05. The second-order valence-electron chi connectivity index (χ2n) is 7.16. The third-order valence-corrected chi connectivity index (χ3v) is 5.85. The average molecular weight is 423 g/mol. The first-order valence-corrected chi connectivity index (χ1v) is 11.3. The number of nitrogens with zero attached hydrogens (tertiary/aromatic N) is 2. The molecule has 28 heavy (non-hydrogen) atoms. The Morgan fingerprint density at radius 3 is 2.14 bits per heavy atom. The Labute approximate surface area is 173 Å². The summed E-state index contributed by atoms with van der Waals surface area (Å²) in [4.78, 5) is 14.1. The number of carbonyl (C=O) groups is 1. The van der Waals surface area contributed by atoms with Gasteiger partial charge in [-0.1, -0.05) is 29.8 Å². The highest BCUT2D eigenvalue weighted by molar-refractivity contribution is 7.92. The van der Waals surface area contributed by atoms with Gasteiger partial charge in [-0.15, -0.1) is 0 Å². The van der Waals surface area contributed by atoms with Crippen LogP contribution in [0.15, 0.2) is 42.5 Å². The van der Waals surface area contributed by atoms with Crippen LogP contribution in [0.4, 0.5) is 5.69 Å². The summed E-state index contributed by atoms with van der Waals surface area (Å²) in [5.74, 6) is -0.0242. The Morgan fingerprint density at radius 2 is 1.61 bits per heavy atom. The zero-order valence-corrected chi connectivity index (χ0v) is 18.3. The van der Waals surface area contributed by atoms with Crippen molar-refractivity contribution >= 4 is 33.2 Å². The molecular formula is C21H27ClN2O3S. The first kappa shape index (κ1) is 22.2. The fraction of sp³-hybridized carbons (Fsp3) is 0.381. The second-order valence-corrected chi connectivity index (χ2v) is 9.50. The van der Waals surface area contributed by atoms with Crippen LogP contribution in [0, 0.1) is 13.8 Å². The van der Waals surface area contributed by atoms with Gasteiger partial charge in [-0.2, -0.15) is 0 Å². The van der Waals surface area contributed by atoms with Gasteiger partial charge < -0.3 is 4.90 Å². The predicted octanol–water partition coefficient (Wildman–Crippen LogP) is 4.16. The maximum Gasteiger partial charge on any atom is 0.232 e. The van der Waals surface area contributed by atoms with Gasteiger partial charge in [0.25, 0.3) is 0 Å². The Morgan fingerprint density at radius 1 is 1.04 bits per heavy atom. The minimum Gasteiger partial charge on any atom is -0.341 e. The van der Waals surface area contributed by atoms with Gasteiger partial charge in [0, 0.05) is 31.6 Å². The van der Waals surface area contributed by atoms with E-state index in [-0.39, 0.29) is 18.9 Å². The normalized spacial score (nSPS) is 11.3. The number of benzene rings is 2. The van der Waals surface area contributed by atoms with Gasteiger partial charge in [0.15, 0.2) is 0 Å². The van der Waals surface area contributed by atoms with Crippen molar-refractivity contribution < 1.29 is 13.2 Å². The van der Waals surface area contributed by atoms with Gasteiger partial charge in [0.1, 0.15) is 0 Å². The molecule has 7 heteroatoms. The molecule has 0 fully saturated rings. The monoisotopic (exact) mass is 422 g/mol. The summed E-state index contributed by atoms with van der Waals surface area (Å²) in [6.07, 6.45) is 1.92. The van der Waals surface area contributed by atoms with E-state index in [0.29, 0.717) is 23.7 Å². The summed E-state index contributed by atoms with van der Waals surface area (Å²) in [7, 11) is -1.68. The topological polar surface area (TPSA) is 57.7 Å². The van der Waals surface area contributed by atoms with Crippen molar-refractivity contribution in [2.24, 2.45) is 0 Å². The maximum atomic E-state index is 12.4. The molecule has 2 aromatic rings. The van der Waals surface area contributed by atoms with Gasteiger partial charge in [-0.3, -0.25) is 9.10 Å². The molecule has 1 amide bonds. The Bertz CT molecular complexity index is 907. The van der Waals surface area contributed by atoms with Crippen LogP contribution < -0.4 is 4.31 Å². The third-order valence-electron chi connectivity index (χ3n) is 4.41. The van der Waals surface area contributed by atoms with E-state index in [1.807, 2.05) is 44.2 Å². The van der Waals surface area contributed by atoms with Crippen molar-refractivity contribution in [3.8, 4) is 0 Å². The van der Waals surface area contributed by atoms with Gasteiger partial charge in [-0.05, 0) is 61.2 Å². The molecule has 0 aliphatic rings. The van der Waals surface area contributed by atoms with Crippen LogP contribution in [0.1, 0.15) is 29.5 Å². The summed E-state index contributed by atoms with van der Waals surface area (Å²) < 4.78 is 25.9. The van der Waals surface area contributed by atoms with E-state index in [0.717, 1.165) is 16.7 Å². The summed E-state index contributed by atoms with van der Waals surface area (Å²) >= 11 is 5.88. The van der Waals surface area contributed by atoms with Crippen molar-refractivity contribution in [2.45, 2.75) is 33.2 Å². The molecule has 152 valence electrons. The molecule has 0 radical (unpaired) electrons. The number of aryl methyl sites for hydroxylation is 2. The van der Waals surface area contributed by atoms with Crippen molar-refractivity contribution in [3.63, 3.8) is 0 Å². The first-order valence-electron chi connectivity index (χ1n) is 9.10. The second kappa shape index (κ2) is 9.43. The van der Waals surface area contributed by atoms with Crippen LogP contribution in [-0.2, 0) is 21.4 Å². The molecule has 0 unspecified atom stereocenters. The molecular weight excluding hydrogens is 396 g/mol. The lowest BCUT2D eigenvalue weighted by Crippen LogP contribution is -2.32. The van der Waals surface area contributed by atoms with Gasteiger partial charge >= 0.3 is 0 Å². The number of rotatable bonds is 8. The highest BCUT2D eigenvalue weighted by atomic mass is 35.5. The third kappa shape index (κ3) is 6.53. The molecule has 0 aliphatic carbocycles. The average Bonchev–Trinajstić information content (AvgIpc) is 2.58. The number of carbonyl (C=O) groups excluding carboxylic acids is 1. The molecule has 0 N–H and O–H groups in total. The van der Waals surface area contributed by atoms with E-state index in [9.17, 15) is 13.2 Å². The molecule has 2 rings (SSSR count). The van der Waals surface area contributed by atoms with Crippen molar-refractivity contribution in [3.05, 3.63) is 64.2 Å². The van der Waals surface area contributed by atoms with Crippen LogP contribution >= 0.6 is 11.6 Å². The van der Waals surface area contributed by atoms with Crippen LogP contribution in [0.25, 0.3) is 0 Å². The molecule has 5 nitrogen and oxygen atoms in total. The first-order chi connectivity index (χ1) is 13.1. The summed E-state index contributed by atoms with van der Waals surface area (Å²) in [5, 5.41) is 0.657. The van der Waals surface area contributed by atoms with E-state index in [2.05, 4.69) is 0 Å². The number of hydrogen-bond donors (Lipinski definition) is 0. The molecule has 0 saturated heterocycles. The van der Waals surface area contributed by atoms with Gasteiger partial charge in [0.2, 0.25) is 15.9 Å². The molecule has 0 heterocycles. The van der Waals surface area contributed by atoms with E-state index in [4.69, 9.17) is 11.6 Å². The fourth-order valence-electron chi connectivity index (χ4n) is 3.10. The molecule has 2 aromatic carbocycles. The fourth-order valence-corrected chi connectivity index (χ4v) is 4.17. The molecule has 0 saturated carbocycles. The molecule has 0 spiro atoms. The quantitative estimate of drug-likeness (QED) is 0.641. The summed E-state index contributed by atoms with van der Waals surface area (Å²) in [5.41, 5.74) is 3.64. The Kier molecular flexibility index (Phi) is 7.49. The lowest BCUT2D eigenvalue weighted by Gasteiger charge is -2.24. The van der Waals surface area contributed by atoms with Crippen molar-refractivity contribution in [1.82, 2.24) is 4.90 Å². The summed E-state index contributed by atoms with van der Waals surface area (Å²) in [6.45, 7) is 4.63. The maximum absolute atomic E-state index is 12.4. The zero-order chi connectivity index (χ0) is 20.9. The van der Waals surface area contributed by atoms with Crippen molar-refractivity contribution in [2.75, 3.05) is 24.2 Å². The van der Waals surface area contributed by atoms with Crippen LogP contribution in [0.3, 0.4) is 0 Å². The predicted molar refractivity (Wildman–Crippen MR) is 115 cm³/mol. The van der Waals surface area contributed by atoms with E-state index in [1.54, 1.807) is 24.1 Å². The van der Waals surface area contributed by atoms with Crippen LogP contribution in [0.5, 0.6) is 0 Å². The van der Waals surface area contributed by atoms with Crippen molar-refractivity contribution in [1.29, 1.82) is 0 Å². The number of halogens is 1. The Balaban J connectivity index is 1.97. The molecule has 0 bridgehead atoms. The van der Waals surface area contributed by atoms with Crippen LogP contribution in [-0.4, -0.2) is 39.1 Å². The van der Waals surface area contributed by atoms with E-state index >= 15 is 0 Å². The number of amides is 1. The highest BCUT2D eigenvalue weighted by Gasteiger charge is 2.19. The van der Waals surface area contributed by atoms with E-state index in [1.165, 1.54) is 10.6 Å². The minimum atomic E-state index is -3.43. The van der Waals surface area contributed by atoms with Gasteiger partial charge in [-0.25, -0.2) is 8.42 Å². The molecule has 0 atom stereocenters. The SMILES string of the molecule is Cc1cc(C)cc(N(CCCC(=O)N(C)Cc2ccc(Cl)cc2)S(C)(=O)=O)c1. The lowest BCUT2D eigenvalue weighted by molar-refractivity contribution is -0.130. The number of hydrogen-bond acceptors (Lipinski definition) is 3.